The Balaban J connectivity index is 1.86. The van der Waals surface area contributed by atoms with Crippen molar-refractivity contribution in [3.05, 3.63) is 40.3 Å². The molecule has 0 fully saturated rings. The molecular formula is C14H18N2OS. The molecule has 4 heteroatoms. The fraction of sp³-hybridized carbons (Fsp3) is 0.357. The maximum absolute atomic E-state index is 5.47. The fourth-order valence-corrected chi connectivity index (χ4v) is 2.53. The monoisotopic (exact) mass is 262 g/mol. The maximum Gasteiger partial charge on any atom is 0.121 e. The lowest BCUT2D eigenvalue weighted by Crippen LogP contribution is -2.04. The first kappa shape index (κ1) is 12.9. The Morgan fingerprint density at radius 1 is 1.39 bits per heavy atom. The molecule has 2 rings (SSSR count). The van der Waals surface area contributed by atoms with Crippen molar-refractivity contribution in [2.75, 3.05) is 18.5 Å². The van der Waals surface area contributed by atoms with Crippen molar-refractivity contribution in [3.63, 3.8) is 0 Å². The lowest BCUT2D eigenvalue weighted by atomic mass is 10.2. The van der Waals surface area contributed by atoms with Crippen molar-refractivity contribution in [2.24, 2.45) is 0 Å². The van der Waals surface area contributed by atoms with Gasteiger partial charge in [-0.25, -0.2) is 4.98 Å². The minimum absolute atomic E-state index is 0.698. The van der Waals surface area contributed by atoms with Gasteiger partial charge in [-0.05, 0) is 26.0 Å². The molecular weight excluding hydrogens is 244 g/mol. The van der Waals surface area contributed by atoms with Crippen LogP contribution < -0.4 is 10.1 Å². The van der Waals surface area contributed by atoms with Crippen LogP contribution in [0.1, 0.15) is 17.5 Å². The van der Waals surface area contributed by atoms with Crippen LogP contribution in [0.15, 0.2) is 29.8 Å². The first-order valence-electron chi connectivity index (χ1n) is 6.15. The van der Waals surface area contributed by atoms with E-state index in [1.165, 1.54) is 4.88 Å². The second-order valence-corrected chi connectivity index (χ2v) is 4.94. The van der Waals surface area contributed by atoms with Gasteiger partial charge in [-0.1, -0.05) is 6.07 Å². The normalized spacial score (nSPS) is 10.3. The highest BCUT2D eigenvalue weighted by atomic mass is 32.1. The van der Waals surface area contributed by atoms with Crippen LogP contribution >= 0.6 is 11.3 Å². The molecule has 0 saturated carbocycles. The predicted molar refractivity (Wildman–Crippen MR) is 76.7 cm³/mol. The Hall–Kier alpha value is -1.55. The van der Waals surface area contributed by atoms with E-state index in [2.05, 4.69) is 23.3 Å². The Morgan fingerprint density at radius 3 is 3.00 bits per heavy atom. The molecule has 0 atom stereocenters. The maximum atomic E-state index is 5.47. The van der Waals surface area contributed by atoms with E-state index in [1.807, 2.05) is 30.6 Å². The lowest BCUT2D eigenvalue weighted by molar-refractivity contribution is 0.340. The molecule has 1 heterocycles. The third-order valence-corrected chi connectivity index (χ3v) is 3.67. The Labute approximate surface area is 112 Å². The number of aromatic nitrogens is 1. The SMILES string of the molecule is CCOc1cccc(NCCc2scnc2C)c1. The van der Waals surface area contributed by atoms with Gasteiger partial charge in [-0.2, -0.15) is 0 Å². The Morgan fingerprint density at radius 2 is 2.28 bits per heavy atom. The van der Waals surface area contributed by atoms with Crippen molar-refractivity contribution in [1.82, 2.24) is 4.98 Å². The van der Waals surface area contributed by atoms with E-state index in [0.29, 0.717) is 6.61 Å². The molecule has 0 radical (unpaired) electrons. The van der Waals surface area contributed by atoms with Crippen molar-refractivity contribution in [3.8, 4) is 5.75 Å². The summed E-state index contributed by atoms with van der Waals surface area (Å²) in [4.78, 5) is 5.60. The zero-order chi connectivity index (χ0) is 12.8. The van der Waals surface area contributed by atoms with Crippen LogP contribution in [0.3, 0.4) is 0 Å². The minimum Gasteiger partial charge on any atom is -0.494 e. The van der Waals surface area contributed by atoms with Gasteiger partial charge in [0.1, 0.15) is 5.75 Å². The number of thiazole rings is 1. The van der Waals surface area contributed by atoms with E-state index in [-0.39, 0.29) is 0 Å². The standard InChI is InChI=1S/C14H18N2OS/c1-3-17-13-6-4-5-12(9-13)15-8-7-14-11(2)16-10-18-14/h4-6,9-10,15H,3,7-8H2,1-2H3. The largest absolute Gasteiger partial charge is 0.494 e. The molecule has 0 aliphatic rings. The Bertz CT molecular complexity index is 496. The summed E-state index contributed by atoms with van der Waals surface area (Å²) in [7, 11) is 0. The van der Waals surface area contributed by atoms with Crippen LogP contribution in [0.25, 0.3) is 0 Å². The minimum atomic E-state index is 0.698. The average molecular weight is 262 g/mol. The van der Waals surface area contributed by atoms with Gasteiger partial charge in [0, 0.05) is 29.6 Å². The highest BCUT2D eigenvalue weighted by molar-refractivity contribution is 7.09. The molecule has 1 aromatic carbocycles. The van der Waals surface area contributed by atoms with Crippen molar-refractivity contribution < 1.29 is 4.74 Å². The summed E-state index contributed by atoms with van der Waals surface area (Å²) in [5.74, 6) is 0.913. The second kappa shape index (κ2) is 6.40. The van der Waals surface area contributed by atoms with Gasteiger partial charge < -0.3 is 10.1 Å². The first-order valence-corrected chi connectivity index (χ1v) is 7.03. The third-order valence-electron chi connectivity index (χ3n) is 2.67. The molecule has 0 bridgehead atoms. The summed E-state index contributed by atoms with van der Waals surface area (Å²) in [6, 6.07) is 8.07. The van der Waals surface area contributed by atoms with Gasteiger partial charge in [0.05, 0.1) is 17.8 Å². The highest BCUT2D eigenvalue weighted by Gasteiger charge is 2.01. The topological polar surface area (TPSA) is 34.1 Å². The van der Waals surface area contributed by atoms with Crippen LogP contribution in [0.2, 0.25) is 0 Å². The first-order chi connectivity index (χ1) is 8.79. The average Bonchev–Trinajstić information content (AvgIpc) is 2.76. The molecule has 1 N–H and O–H groups in total. The van der Waals surface area contributed by atoms with Gasteiger partial charge in [-0.15, -0.1) is 11.3 Å². The molecule has 96 valence electrons. The van der Waals surface area contributed by atoms with E-state index >= 15 is 0 Å². The summed E-state index contributed by atoms with van der Waals surface area (Å²) >= 11 is 1.72. The van der Waals surface area contributed by atoms with E-state index in [9.17, 15) is 0 Å². The summed E-state index contributed by atoms with van der Waals surface area (Å²) in [6.45, 7) is 5.66. The van der Waals surface area contributed by atoms with Gasteiger partial charge >= 0.3 is 0 Å². The summed E-state index contributed by atoms with van der Waals surface area (Å²) in [6.07, 6.45) is 1.01. The Kier molecular flexibility index (Phi) is 4.59. The zero-order valence-corrected chi connectivity index (χ0v) is 11.6. The molecule has 0 spiro atoms. The quantitative estimate of drug-likeness (QED) is 0.865. The van der Waals surface area contributed by atoms with Crippen molar-refractivity contribution in [1.29, 1.82) is 0 Å². The second-order valence-electron chi connectivity index (χ2n) is 4.00. The number of hydrogen-bond acceptors (Lipinski definition) is 4. The number of nitrogens with zero attached hydrogens (tertiary/aromatic N) is 1. The van der Waals surface area contributed by atoms with Crippen LogP contribution in [0.4, 0.5) is 5.69 Å². The molecule has 0 unspecified atom stereocenters. The number of anilines is 1. The zero-order valence-electron chi connectivity index (χ0n) is 10.8. The molecule has 18 heavy (non-hydrogen) atoms. The number of nitrogens with one attached hydrogen (secondary N) is 1. The molecule has 0 aliphatic carbocycles. The number of benzene rings is 1. The molecule has 0 saturated heterocycles. The van der Waals surface area contributed by atoms with E-state index in [0.717, 1.165) is 30.1 Å². The number of hydrogen-bond donors (Lipinski definition) is 1. The fourth-order valence-electron chi connectivity index (χ4n) is 1.75. The van der Waals surface area contributed by atoms with Gasteiger partial charge in [0.2, 0.25) is 0 Å². The number of ether oxygens (including phenoxy) is 1. The lowest BCUT2D eigenvalue weighted by Gasteiger charge is -2.08. The molecule has 0 amide bonds. The molecule has 1 aromatic heterocycles. The third kappa shape index (κ3) is 3.47. The van der Waals surface area contributed by atoms with Crippen molar-refractivity contribution >= 4 is 17.0 Å². The predicted octanol–water partition coefficient (Wildman–Crippen LogP) is 3.50. The highest BCUT2D eigenvalue weighted by Crippen LogP contribution is 2.18. The molecule has 3 nitrogen and oxygen atoms in total. The van der Waals surface area contributed by atoms with Gasteiger partial charge in [0.25, 0.3) is 0 Å². The van der Waals surface area contributed by atoms with Crippen LogP contribution in [-0.4, -0.2) is 18.1 Å². The number of aryl methyl sites for hydroxylation is 1. The summed E-state index contributed by atoms with van der Waals surface area (Å²) < 4.78 is 5.47. The van der Waals surface area contributed by atoms with E-state index < -0.39 is 0 Å². The van der Waals surface area contributed by atoms with E-state index in [1.54, 1.807) is 11.3 Å². The van der Waals surface area contributed by atoms with Gasteiger partial charge in [-0.3, -0.25) is 0 Å². The van der Waals surface area contributed by atoms with Gasteiger partial charge in [0.15, 0.2) is 0 Å². The van der Waals surface area contributed by atoms with Crippen LogP contribution in [-0.2, 0) is 6.42 Å². The van der Waals surface area contributed by atoms with Crippen LogP contribution in [0, 0.1) is 6.92 Å². The summed E-state index contributed by atoms with van der Waals surface area (Å²) in [5.41, 5.74) is 4.15. The number of rotatable bonds is 6. The molecule has 0 aliphatic heterocycles. The summed E-state index contributed by atoms with van der Waals surface area (Å²) in [5, 5.41) is 3.41. The molecule has 2 aromatic rings. The smallest absolute Gasteiger partial charge is 0.121 e. The van der Waals surface area contributed by atoms with Crippen LogP contribution in [0.5, 0.6) is 5.75 Å². The van der Waals surface area contributed by atoms with Crippen molar-refractivity contribution in [2.45, 2.75) is 20.3 Å². The van der Waals surface area contributed by atoms with E-state index in [4.69, 9.17) is 4.74 Å².